The van der Waals surface area contributed by atoms with Crippen LogP contribution in [0.15, 0.2) is 30.3 Å². The minimum Gasteiger partial charge on any atom is -0.467 e. The van der Waals surface area contributed by atoms with E-state index in [1.807, 2.05) is 30.3 Å². The Bertz CT molecular complexity index is 498. The molecule has 5 heteroatoms. The Balaban J connectivity index is 1.96. The lowest BCUT2D eigenvalue weighted by molar-refractivity contribution is -0.145. The zero-order chi connectivity index (χ0) is 15.3. The minimum atomic E-state index is -0.673. The van der Waals surface area contributed by atoms with E-state index in [4.69, 9.17) is 10.5 Å². The molecule has 1 fully saturated rings. The summed E-state index contributed by atoms with van der Waals surface area (Å²) in [6.07, 6.45) is 3.46. The molecule has 21 heavy (non-hydrogen) atoms. The first-order valence-electron chi connectivity index (χ1n) is 7.22. The fourth-order valence-corrected chi connectivity index (χ4v) is 2.56. The third kappa shape index (κ3) is 4.29. The summed E-state index contributed by atoms with van der Waals surface area (Å²) in [6, 6.07) is 8.86. The van der Waals surface area contributed by atoms with E-state index < -0.39 is 17.6 Å². The number of amides is 1. The second-order valence-electron chi connectivity index (χ2n) is 5.73. The highest BCUT2D eigenvalue weighted by Crippen LogP contribution is 2.31. The van der Waals surface area contributed by atoms with E-state index in [1.54, 1.807) is 0 Å². The molecule has 0 heterocycles. The monoisotopic (exact) mass is 290 g/mol. The van der Waals surface area contributed by atoms with Crippen LogP contribution in [0.3, 0.4) is 0 Å². The molecule has 0 aliphatic heterocycles. The number of carbonyl (C=O) groups is 2. The Morgan fingerprint density at radius 1 is 1.33 bits per heavy atom. The van der Waals surface area contributed by atoms with Crippen molar-refractivity contribution in [2.75, 3.05) is 7.11 Å². The van der Waals surface area contributed by atoms with Crippen molar-refractivity contribution in [3.05, 3.63) is 35.9 Å². The SMILES string of the molecule is COC(=O)C(Cc1ccccc1)NC(=O)CC1(N)CCC1. The summed E-state index contributed by atoms with van der Waals surface area (Å²) >= 11 is 0. The Morgan fingerprint density at radius 2 is 2.00 bits per heavy atom. The highest BCUT2D eigenvalue weighted by molar-refractivity contribution is 5.85. The van der Waals surface area contributed by atoms with Crippen molar-refractivity contribution < 1.29 is 14.3 Å². The van der Waals surface area contributed by atoms with Crippen molar-refractivity contribution >= 4 is 11.9 Å². The van der Waals surface area contributed by atoms with Crippen LogP contribution in [0.4, 0.5) is 0 Å². The van der Waals surface area contributed by atoms with Crippen LogP contribution < -0.4 is 11.1 Å². The van der Waals surface area contributed by atoms with Crippen molar-refractivity contribution in [1.29, 1.82) is 0 Å². The van der Waals surface area contributed by atoms with Crippen LogP contribution in [0.2, 0.25) is 0 Å². The van der Waals surface area contributed by atoms with E-state index in [0.717, 1.165) is 24.8 Å². The molecule has 0 aromatic heterocycles. The number of benzene rings is 1. The second kappa shape index (κ2) is 6.72. The molecule has 3 N–H and O–H groups in total. The summed E-state index contributed by atoms with van der Waals surface area (Å²) in [6.45, 7) is 0. The van der Waals surface area contributed by atoms with E-state index >= 15 is 0 Å². The van der Waals surface area contributed by atoms with Crippen LogP contribution in [0, 0.1) is 0 Å². The van der Waals surface area contributed by atoms with Crippen LogP contribution in [-0.2, 0) is 20.7 Å². The number of ether oxygens (including phenoxy) is 1. The van der Waals surface area contributed by atoms with E-state index in [9.17, 15) is 9.59 Å². The molecule has 1 aliphatic carbocycles. The van der Waals surface area contributed by atoms with Crippen LogP contribution in [0.25, 0.3) is 0 Å². The lowest BCUT2D eigenvalue weighted by Gasteiger charge is -2.37. The third-order valence-electron chi connectivity index (χ3n) is 3.97. The largest absolute Gasteiger partial charge is 0.467 e. The fourth-order valence-electron chi connectivity index (χ4n) is 2.56. The molecule has 1 aromatic carbocycles. The molecule has 1 aliphatic rings. The van der Waals surface area contributed by atoms with Gasteiger partial charge in [-0.25, -0.2) is 4.79 Å². The first-order valence-corrected chi connectivity index (χ1v) is 7.22. The van der Waals surface area contributed by atoms with Crippen molar-refractivity contribution in [3.63, 3.8) is 0 Å². The van der Waals surface area contributed by atoms with Gasteiger partial charge in [-0.15, -0.1) is 0 Å². The number of methoxy groups -OCH3 is 1. The molecule has 0 bridgehead atoms. The van der Waals surface area contributed by atoms with Gasteiger partial charge in [-0.3, -0.25) is 4.79 Å². The van der Waals surface area contributed by atoms with E-state index in [-0.39, 0.29) is 12.3 Å². The molecule has 1 unspecified atom stereocenters. The van der Waals surface area contributed by atoms with Gasteiger partial charge in [0.1, 0.15) is 6.04 Å². The summed E-state index contributed by atoms with van der Waals surface area (Å²) in [5, 5.41) is 2.75. The van der Waals surface area contributed by atoms with Gasteiger partial charge in [0.05, 0.1) is 7.11 Å². The maximum Gasteiger partial charge on any atom is 0.328 e. The molecule has 1 saturated carbocycles. The smallest absolute Gasteiger partial charge is 0.328 e. The third-order valence-corrected chi connectivity index (χ3v) is 3.97. The van der Waals surface area contributed by atoms with Crippen molar-refractivity contribution in [2.24, 2.45) is 5.73 Å². The van der Waals surface area contributed by atoms with Gasteiger partial charge < -0.3 is 15.8 Å². The highest BCUT2D eigenvalue weighted by atomic mass is 16.5. The van der Waals surface area contributed by atoms with Crippen LogP contribution in [0.5, 0.6) is 0 Å². The van der Waals surface area contributed by atoms with Gasteiger partial charge in [-0.05, 0) is 24.8 Å². The van der Waals surface area contributed by atoms with E-state index in [0.29, 0.717) is 6.42 Å². The number of nitrogens with one attached hydrogen (secondary N) is 1. The Morgan fingerprint density at radius 3 is 2.52 bits per heavy atom. The molecule has 1 atom stereocenters. The van der Waals surface area contributed by atoms with Crippen LogP contribution >= 0.6 is 0 Å². The number of hydrogen-bond acceptors (Lipinski definition) is 4. The number of nitrogens with two attached hydrogens (primary N) is 1. The van der Waals surface area contributed by atoms with E-state index in [2.05, 4.69) is 5.32 Å². The maximum atomic E-state index is 12.1. The summed E-state index contributed by atoms with van der Waals surface area (Å²) in [5.41, 5.74) is 6.64. The molecule has 0 spiro atoms. The summed E-state index contributed by atoms with van der Waals surface area (Å²) in [7, 11) is 1.32. The quantitative estimate of drug-likeness (QED) is 0.770. The average molecular weight is 290 g/mol. The first-order chi connectivity index (χ1) is 10.0. The van der Waals surface area contributed by atoms with Crippen LogP contribution in [-0.4, -0.2) is 30.6 Å². The van der Waals surface area contributed by atoms with E-state index in [1.165, 1.54) is 7.11 Å². The molecule has 2 rings (SSSR count). The molecule has 0 radical (unpaired) electrons. The fraction of sp³-hybridized carbons (Fsp3) is 0.500. The second-order valence-corrected chi connectivity index (χ2v) is 5.73. The van der Waals surface area contributed by atoms with Gasteiger partial charge in [0.2, 0.25) is 5.91 Å². The van der Waals surface area contributed by atoms with Gasteiger partial charge in [-0.2, -0.15) is 0 Å². The van der Waals surface area contributed by atoms with Gasteiger partial charge in [-0.1, -0.05) is 30.3 Å². The first kappa shape index (κ1) is 15.5. The van der Waals surface area contributed by atoms with Crippen molar-refractivity contribution in [3.8, 4) is 0 Å². The predicted octanol–water partition coefficient (Wildman–Crippen LogP) is 1.16. The van der Waals surface area contributed by atoms with Gasteiger partial charge in [0.15, 0.2) is 0 Å². The number of carbonyl (C=O) groups excluding carboxylic acids is 2. The molecular weight excluding hydrogens is 268 g/mol. The Hall–Kier alpha value is -1.88. The molecule has 1 aromatic rings. The molecular formula is C16H22N2O3. The maximum absolute atomic E-state index is 12.1. The highest BCUT2D eigenvalue weighted by Gasteiger charge is 2.35. The normalized spacial score (nSPS) is 17.4. The summed E-state index contributed by atoms with van der Waals surface area (Å²) in [4.78, 5) is 23.9. The van der Waals surface area contributed by atoms with Gasteiger partial charge >= 0.3 is 5.97 Å². The van der Waals surface area contributed by atoms with Crippen molar-refractivity contribution in [1.82, 2.24) is 5.32 Å². The average Bonchev–Trinajstić information content (AvgIpc) is 2.45. The molecule has 0 saturated heterocycles. The lowest BCUT2D eigenvalue weighted by atomic mass is 9.75. The lowest BCUT2D eigenvalue weighted by Crippen LogP contribution is -2.52. The summed E-state index contributed by atoms with van der Waals surface area (Å²) < 4.78 is 4.77. The number of hydrogen-bond donors (Lipinski definition) is 2. The van der Waals surface area contributed by atoms with Gasteiger partial charge in [0, 0.05) is 18.4 Å². The molecule has 1 amide bonds. The Kier molecular flexibility index (Phi) is 4.96. The Labute approximate surface area is 124 Å². The summed E-state index contributed by atoms with van der Waals surface area (Å²) in [5.74, 6) is -0.629. The number of esters is 1. The molecule has 114 valence electrons. The topological polar surface area (TPSA) is 81.4 Å². The van der Waals surface area contributed by atoms with Crippen LogP contribution in [0.1, 0.15) is 31.2 Å². The molecule has 5 nitrogen and oxygen atoms in total. The zero-order valence-electron chi connectivity index (χ0n) is 12.3. The zero-order valence-corrected chi connectivity index (χ0v) is 12.3. The minimum absolute atomic E-state index is 0.191. The number of rotatable bonds is 6. The van der Waals surface area contributed by atoms with Gasteiger partial charge in [0.25, 0.3) is 0 Å². The van der Waals surface area contributed by atoms with Crippen molar-refractivity contribution in [2.45, 2.75) is 43.7 Å². The predicted molar refractivity (Wildman–Crippen MR) is 79.5 cm³/mol. The standard InChI is InChI=1S/C16H22N2O3/c1-21-15(20)13(10-12-6-3-2-4-7-12)18-14(19)11-16(17)8-5-9-16/h2-4,6-7,13H,5,8-11,17H2,1H3,(H,18,19).